The van der Waals surface area contributed by atoms with Gasteiger partial charge >= 0.3 is 0 Å². The molecule has 0 fully saturated rings. The van der Waals surface area contributed by atoms with Crippen molar-refractivity contribution in [1.82, 2.24) is 0 Å². The average Bonchev–Trinajstić information content (AvgIpc) is 2.46. The predicted molar refractivity (Wildman–Crippen MR) is 96.4 cm³/mol. The minimum Gasteiger partial charge on any atom is -0.399 e. The van der Waals surface area contributed by atoms with Gasteiger partial charge in [-0.15, -0.1) is 0 Å². The lowest BCUT2D eigenvalue weighted by atomic mass is 10.2. The maximum atomic E-state index is 6.17. The second kappa shape index (κ2) is 9.54. The summed E-state index contributed by atoms with van der Waals surface area (Å²) in [7, 11) is 0. The van der Waals surface area contributed by atoms with E-state index >= 15 is 0 Å². The molecule has 1 aromatic rings. The SMILES string of the molecule is CCCN(CCC)c1cc(N)cc(N(CCC)CCC)c1. The van der Waals surface area contributed by atoms with Gasteiger partial charge in [-0.25, -0.2) is 0 Å². The lowest BCUT2D eigenvalue weighted by Gasteiger charge is -2.28. The summed E-state index contributed by atoms with van der Waals surface area (Å²) in [6.07, 6.45) is 4.66. The molecule has 0 aliphatic heterocycles. The van der Waals surface area contributed by atoms with Gasteiger partial charge in [0.2, 0.25) is 0 Å². The first-order valence-electron chi connectivity index (χ1n) is 8.56. The van der Waals surface area contributed by atoms with Crippen molar-refractivity contribution in [2.24, 2.45) is 0 Å². The van der Waals surface area contributed by atoms with Crippen molar-refractivity contribution < 1.29 is 0 Å². The Hall–Kier alpha value is -1.38. The number of hydrogen-bond donors (Lipinski definition) is 1. The fourth-order valence-electron chi connectivity index (χ4n) is 2.80. The summed E-state index contributed by atoms with van der Waals surface area (Å²) in [5.74, 6) is 0. The molecule has 0 saturated carbocycles. The predicted octanol–water partition coefficient (Wildman–Crippen LogP) is 4.52. The molecule has 0 aliphatic rings. The molecule has 0 spiro atoms. The third-order valence-electron chi connectivity index (χ3n) is 3.63. The molecule has 0 saturated heterocycles. The second-order valence-corrected chi connectivity index (χ2v) is 5.76. The monoisotopic (exact) mass is 291 g/mol. The number of anilines is 3. The summed E-state index contributed by atoms with van der Waals surface area (Å²) in [6, 6.07) is 6.54. The van der Waals surface area contributed by atoms with Crippen LogP contribution in [0.2, 0.25) is 0 Å². The highest BCUT2D eigenvalue weighted by Crippen LogP contribution is 2.27. The van der Waals surface area contributed by atoms with Crippen LogP contribution >= 0.6 is 0 Å². The molecule has 3 heteroatoms. The maximum absolute atomic E-state index is 6.17. The summed E-state index contributed by atoms with van der Waals surface area (Å²) in [6.45, 7) is 13.3. The van der Waals surface area contributed by atoms with E-state index in [4.69, 9.17) is 5.73 Å². The van der Waals surface area contributed by atoms with E-state index in [1.807, 2.05) is 0 Å². The third kappa shape index (κ3) is 5.49. The van der Waals surface area contributed by atoms with Crippen molar-refractivity contribution in [2.45, 2.75) is 53.4 Å². The second-order valence-electron chi connectivity index (χ2n) is 5.76. The van der Waals surface area contributed by atoms with Crippen LogP contribution < -0.4 is 15.5 Å². The summed E-state index contributed by atoms with van der Waals surface area (Å²) >= 11 is 0. The fourth-order valence-corrected chi connectivity index (χ4v) is 2.80. The van der Waals surface area contributed by atoms with E-state index < -0.39 is 0 Å². The minimum atomic E-state index is 0.872. The van der Waals surface area contributed by atoms with E-state index in [9.17, 15) is 0 Å². The first kappa shape index (κ1) is 17.7. The molecule has 0 aliphatic carbocycles. The van der Waals surface area contributed by atoms with Gasteiger partial charge in [-0.05, 0) is 43.9 Å². The number of nitrogen functional groups attached to an aromatic ring is 1. The Morgan fingerprint density at radius 1 is 0.667 bits per heavy atom. The van der Waals surface area contributed by atoms with Crippen molar-refractivity contribution >= 4 is 17.1 Å². The molecule has 1 aromatic carbocycles. The van der Waals surface area contributed by atoms with Crippen LogP contribution in [0, 0.1) is 0 Å². The maximum Gasteiger partial charge on any atom is 0.0407 e. The zero-order chi connectivity index (χ0) is 15.7. The number of nitrogens with zero attached hydrogens (tertiary/aromatic N) is 2. The largest absolute Gasteiger partial charge is 0.399 e. The van der Waals surface area contributed by atoms with Gasteiger partial charge in [0.25, 0.3) is 0 Å². The zero-order valence-electron chi connectivity index (χ0n) is 14.4. The molecule has 0 heterocycles. The van der Waals surface area contributed by atoms with E-state index in [1.165, 1.54) is 11.4 Å². The molecule has 0 amide bonds. The average molecular weight is 291 g/mol. The fraction of sp³-hybridized carbons (Fsp3) is 0.667. The van der Waals surface area contributed by atoms with E-state index in [2.05, 4.69) is 55.7 Å². The van der Waals surface area contributed by atoms with Gasteiger partial charge in [0.05, 0.1) is 0 Å². The van der Waals surface area contributed by atoms with Crippen molar-refractivity contribution in [2.75, 3.05) is 41.7 Å². The van der Waals surface area contributed by atoms with Crippen molar-refractivity contribution in [3.63, 3.8) is 0 Å². The molecular formula is C18H33N3. The van der Waals surface area contributed by atoms with E-state index in [0.717, 1.165) is 57.5 Å². The standard InChI is InChI=1S/C18H33N3/c1-5-9-20(10-6-2)17-13-16(19)14-18(15-17)21(11-7-3)12-8-4/h13-15H,5-12,19H2,1-4H3. The van der Waals surface area contributed by atoms with Gasteiger partial charge in [0.15, 0.2) is 0 Å². The van der Waals surface area contributed by atoms with Crippen LogP contribution in [-0.2, 0) is 0 Å². The van der Waals surface area contributed by atoms with E-state index in [-0.39, 0.29) is 0 Å². The zero-order valence-corrected chi connectivity index (χ0v) is 14.4. The van der Waals surface area contributed by atoms with Crippen LogP contribution in [0.5, 0.6) is 0 Å². The van der Waals surface area contributed by atoms with Gasteiger partial charge in [-0.3, -0.25) is 0 Å². The van der Waals surface area contributed by atoms with Crippen LogP contribution in [0.1, 0.15) is 53.4 Å². The number of hydrogen-bond acceptors (Lipinski definition) is 3. The number of nitrogens with two attached hydrogens (primary N) is 1. The Morgan fingerprint density at radius 3 is 1.29 bits per heavy atom. The molecule has 0 bridgehead atoms. The van der Waals surface area contributed by atoms with Gasteiger partial charge in [-0.1, -0.05) is 27.7 Å². The lowest BCUT2D eigenvalue weighted by Crippen LogP contribution is -2.27. The molecule has 2 N–H and O–H groups in total. The van der Waals surface area contributed by atoms with Crippen LogP contribution in [-0.4, -0.2) is 26.2 Å². The summed E-state index contributed by atoms with van der Waals surface area (Å²) in [4.78, 5) is 4.91. The van der Waals surface area contributed by atoms with Crippen LogP contribution in [0.15, 0.2) is 18.2 Å². The highest BCUT2D eigenvalue weighted by atomic mass is 15.1. The Bertz CT molecular complexity index is 357. The summed E-state index contributed by atoms with van der Waals surface area (Å²) in [5, 5.41) is 0. The molecule has 3 nitrogen and oxygen atoms in total. The van der Waals surface area contributed by atoms with Gasteiger partial charge in [0.1, 0.15) is 0 Å². The highest BCUT2D eigenvalue weighted by molar-refractivity contribution is 5.67. The first-order valence-corrected chi connectivity index (χ1v) is 8.56. The third-order valence-corrected chi connectivity index (χ3v) is 3.63. The van der Waals surface area contributed by atoms with Crippen molar-refractivity contribution in [3.05, 3.63) is 18.2 Å². The smallest absolute Gasteiger partial charge is 0.0407 e. The van der Waals surface area contributed by atoms with Crippen LogP contribution in [0.4, 0.5) is 17.1 Å². The highest BCUT2D eigenvalue weighted by Gasteiger charge is 2.10. The quantitative estimate of drug-likeness (QED) is 0.643. The van der Waals surface area contributed by atoms with Crippen LogP contribution in [0.3, 0.4) is 0 Å². The topological polar surface area (TPSA) is 32.5 Å². The molecule has 21 heavy (non-hydrogen) atoms. The van der Waals surface area contributed by atoms with E-state index in [0.29, 0.717) is 0 Å². The number of rotatable bonds is 10. The Kier molecular flexibility index (Phi) is 8.03. The van der Waals surface area contributed by atoms with Gasteiger partial charge in [-0.2, -0.15) is 0 Å². The van der Waals surface area contributed by atoms with Crippen molar-refractivity contribution in [1.29, 1.82) is 0 Å². The van der Waals surface area contributed by atoms with Crippen LogP contribution in [0.25, 0.3) is 0 Å². The molecule has 0 radical (unpaired) electrons. The lowest BCUT2D eigenvalue weighted by molar-refractivity contribution is 0.736. The van der Waals surface area contributed by atoms with Gasteiger partial charge in [0, 0.05) is 43.2 Å². The summed E-state index contributed by atoms with van der Waals surface area (Å²) < 4.78 is 0. The minimum absolute atomic E-state index is 0.872. The molecule has 0 atom stereocenters. The number of benzene rings is 1. The van der Waals surface area contributed by atoms with Gasteiger partial charge < -0.3 is 15.5 Å². The Labute approximate surface area is 131 Å². The molecule has 0 aromatic heterocycles. The molecular weight excluding hydrogens is 258 g/mol. The normalized spacial score (nSPS) is 10.7. The Balaban J connectivity index is 3.05. The molecule has 1 rings (SSSR count). The summed E-state index contributed by atoms with van der Waals surface area (Å²) in [5.41, 5.74) is 9.58. The van der Waals surface area contributed by atoms with Crippen molar-refractivity contribution in [3.8, 4) is 0 Å². The molecule has 120 valence electrons. The van der Waals surface area contributed by atoms with E-state index in [1.54, 1.807) is 0 Å². The first-order chi connectivity index (χ1) is 10.2. The molecule has 0 unspecified atom stereocenters. The Morgan fingerprint density at radius 2 is 1.00 bits per heavy atom.